The third-order valence-electron chi connectivity index (χ3n) is 4.10. The lowest BCUT2D eigenvalue weighted by Crippen LogP contribution is -2.49. The van der Waals surface area contributed by atoms with E-state index >= 15 is 0 Å². The van der Waals surface area contributed by atoms with Gasteiger partial charge in [0, 0.05) is 26.1 Å². The first-order chi connectivity index (χ1) is 10.8. The van der Waals surface area contributed by atoms with Crippen LogP contribution in [-0.2, 0) is 11.2 Å². The van der Waals surface area contributed by atoms with Crippen LogP contribution in [0.15, 0.2) is 18.2 Å². The lowest BCUT2D eigenvalue weighted by Gasteiger charge is -2.30. The number of amides is 1. The number of hydrogen-bond acceptors (Lipinski definition) is 5. The smallest absolute Gasteiger partial charge is 0.255 e. The summed E-state index contributed by atoms with van der Waals surface area (Å²) >= 11 is 0. The Balaban J connectivity index is 1.63. The Morgan fingerprint density at radius 2 is 2.14 bits per heavy atom. The molecule has 0 spiro atoms. The summed E-state index contributed by atoms with van der Waals surface area (Å²) in [6.45, 7) is 4.22. The van der Waals surface area contributed by atoms with Crippen molar-refractivity contribution < 1.29 is 19.4 Å². The lowest BCUT2D eigenvalue weighted by molar-refractivity contribution is 0.0296. The van der Waals surface area contributed by atoms with Gasteiger partial charge >= 0.3 is 0 Å². The number of benzene rings is 1. The Morgan fingerprint density at radius 3 is 2.91 bits per heavy atom. The van der Waals surface area contributed by atoms with Crippen LogP contribution in [0.2, 0.25) is 0 Å². The fourth-order valence-electron chi connectivity index (χ4n) is 2.90. The van der Waals surface area contributed by atoms with Crippen molar-refractivity contribution in [3.63, 3.8) is 0 Å². The number of nitrogens with zero attached hydrogens (tertiary/aromatic N) is 1. The van der Waals surface area contributed by atoms with E-state index < -0.39 is 0 Å². The number of carbonyl (C=O) groups excluding carboxylic acids is 1. The van der Waals surface area contributed by atoms with Gasteiger partial charge in [-0.15, -0.1) is 0 Å². The Labute approximate surface area is 130 Å². The fourth-order valence-corrected chi connectivity index (χ4v) is 2.90. The molecule has 2 N–H and O–H groups in total. The predicted octanol–water partition coefficient (Wildman–Crippen LogP) is 0.0444. The third-order valence-corrected chi connectivity index (χ3v) is 4.10. The SMILES string of the molecule is O=C(NC(CO)CN1CCOCC1)c1cccc2c1OCC2. The summed E-state index contributed by atoms with van der Waals surface area (Å²) in [7, 11) is 0. The van der Waals surface area contributed by atoms with Crippen molar-refractivity contribution in [2.75, 3.05) is 46.1 Å². The van der Waals surface area contributed by atoms with Crippen molar-refractivity contribution in [2.45, 2.75) is 12.5 Å². The summed E-state index contributed by atoms with van der Waals surface area (Å²) in [6.07, 6.45) is 0.841. The van der Waals surface area contributed by atoms with Gasteiger partial charge in [0.05, 0.1) is 38.0 Å². The van der Waals surface area contributed by atoms with Crippen LogP contribution in [0.25, 0.3) is 0 Å². The molecule has 1 aromatic rings. The molecule has 1 unspecified atom stereocenters. The van der Waals surface area contributed by atoms with Crippen LogP contribution in [-0.4, -0.2) is 68.0 Å². The summed E-state index contributed by atoms with van der Waals surface area (Å²) in [4.78, 5) is 14.7. The Hall–Kier alpha value is -1.63. The molecule has 120 valence electrons. The summed E-state index contributed by atoms with van der Waals surface area (Å²) in [5.41, 5.74) is 1.62. The number of aliphatic hydroxyl groups is 1. The zero-order chi connectivity index (χ0) is 15.4. The molecule has 0 aromatic heterocycles. The molecule has 2 heterocycles. The van der Waals surface area contributed by atoms with Crippen molar-refractivity contribution >= 4 is 5.91 Å². The average Bonchev–Trinajstić information content (AvgIpc) is 3.03. The van der Waals surface area contributed by atoms with Crippen LogP contribution in [0, 0.1) is 0 Å². The topological polar surface area (TPSA) is 71.0 Å². The van der Waals surface area contributed by atoms with Crippen molar-refractivity contribution in [2.24, 2.45) is 0 Å². The molecule has 1 atom stereocenters. The van der Waals surface area contributed by atoms with Crippen molar-refractivity contribution in [3.8, 4) is 5.75 Å². The molecule has 1 amide bonds. The maximum absolute atomic E-state index is 12.5. The van der Waals surface area contributed by atoms with Crippen LogP contribution in [0.1, 0.15) is 15.9 Å². The van der Waals surface area contributed by atoms with E-state index in [1.807, 2.05) is 12.1 Å². The Bertz CT molecular complexity index is 529. The van der Waals surface area contributed by atoms with E-state index in [-0.39, 0.29) is 18.6 Å². The van der Waals surface area contributed by atoms with Gasteiger partial charge in [0.1, 0.15) is 5.75 Å². The first-order valence-corrected chi connectivity index (χ1v) is 7.74. The molecule has 2 aliphatic rings. The van der Waals surface area contributed by atoms with E-state index in [1.165, 1.54) is 0 Å². The lowest BCUT2D eigenvalue weighted by atomic mass is 10.1. The number of morpholine rings is 1. The van der Waals surface area contributed by atoms with Gasteiger partial charge in [0.2, 0.25) is 0 Å². The van der Waals surface area contributed by atoms with Gasteiger partial charge in [-0.3, -0.25) is 9.69 Å². The molecular weight excluding hydrogens is 284 g/mol. The number of para-hydroxylation sites is 1. The molecular formula is C16H22N2O4. The third kappa shape index (κ3) is 3.40. The maximum atomic E-state index is 12.5. The minimum atomic E-state index is -0.289. The highest BCUT2D eigenvalue weighted by atomic mass is 16.5. The number of fused-ring (bicyclic) bond motifs is 1. The second-order valence-corrected chi connectivity index (χ2v) is 5.66. The average molecular weight is 306 g/mol. The molecule has 6 heteroatoms. The molecule has 0 saturated carbocycles. The van der Waals surface area contributed by atoms with E-state index in [9.17, 15) is 9.90 Å². The van der Waals surface area contributed by atoms with E-state index in [2.05, 4.69) is 10.2 Å². The largest absolute Gasteiger partial charge is 0.492 e. The number of aliphatic hydroxyl groups excluding tert-OH is 1. The fraction of sp³-hybridized carbons (Fsp3) is 0.562. The van der Waals surface area contributed by atoms with Gasteiger partial charge in [-0.25, -0.2) is 0 Å². The normalized spacial score (nSPS) is 19.3. The van der Waals surface area contributed by atoms with Crippen LogP contribution < -0.4 is 10.1 Å². The zero-order valence-corrected chi connectivity index (χ0v) is 12.6. The predicted molar refractivity (Wildman–Crippen MR) is 81.2 cm³/mol. The van der Waals surface area contributed by atoms with Crippen LogP contribution in [0.5, 0.6) is 5.75 Å². The molecule has 2 aliphatic heterocycles. The van der Waals surface area contributed by atoms with Gasteiger partial charge in [-0.2, -0.15) is 0 Å². The molecule has 0 bridgehead atoms. The molecule has 1 aromatic carbocycles. The molecule has 6 nitrogen and oxygen atoms in total. The van der Waals surface area contributed by atoms with Crippen molar-refractivity contribution in [1.29, 1.82) is 0 Å². The number of hydrogen-bond donors (Lipinski definition) is 2. The van der Waals surface area contributed by atoms with E-state index in [0.29, 0.717) is 37.7 Å². The quantitative estimate of drug-likeness (QED) is 0.804. The zero-order valence-electron chi connectivity index (χ0n) is 12.6. The first kappa shape index (κ1) is 15.3. The number of nitrogens with one attached hydrogen (secondary N) is 1. The van der Waals surface area contributed by atoms with Gasteiger partial charge in [0.15, 0.2) is 0 Å². The highest BCUT2D eigenvalue weighted by Crippen LogP contribution is 2.29. The van der Waals surface area contributed by atoms with Crippen LogP contribution >= 0.6 is 0 Å². The molecule has 3 rings (SSSR count). The summed E-state index contributed by atoms with van der Waals surface area (Å²) < 4.78 is 10.9. The van der Waals surface area contributed by atoms with Crippen LogP contribution in [0.4, 0.5) is 0 Å². The Kier molecular flexibility index (Phi) is 4.92. The van der Waals surface area contributed by atoms with Gasteiger partial charge in [-0.1, -0.05) is 12.1 Å². The Morgan fingerprint density at radius 1 is 1.32 bits per heavy atom. The maximum Gasteiger partial charge on any atom is 0.255 e. The van der Waals surface area contributed by atoms with E-state index in [4.69, 9.17) is 9.47 Å². The molecule has 0 aliphatic carbocycles. The van der Waals surface area contributed by atoms with Gasteiger partial charge in [-0.05, 0) is 11.6 Å². The highest BCUT2D eigenvalue weighted by Gasteiger charge is 2.23. The summed E-state index contributed by atoms with van der Waals surface area (Å²) in [5, 5.41) is 12.5. The molecule has 1 saturated heterocycles. The second-order valence-electron chi connectivity index (χ2n) is 5.66. The van der Waals surface area contributed by atoms with Gasteiger partial charge < -0.3 is 19.9 Å². The molecule has 22 heavy (non-hydrogen) atoms. The first-order valence-electron chi connectivity index (χ1n) is 7.74. The molecule has 1 fully saturated rings. The van der Waals surface area contributed by atoms with E-state index in [1.54, 1.807) is 6.07 Å². The number of ether oxygens (including phenoxy) is 2. The minimum Gasteiger partial charge on any atom is -0.492 e. The van der Waals surface area contributed by atoms with Crippen LogP contribution in [0.3, 0.4) is 0 Å². The van der Waals surface area contributed by atoms with Crippen molar-refractivity contribution in [1.82, 2.24) is 10.2 Å². The number of carbonyl (C=O) groups is 1. The molecule has 0 radical (unpaired) electrons. The highest BCUT2D eigenvalue weighted by molar-refractivity contribution is 5.97. The second kappa shape index (κ2) is 7.09. The standard InChI is InChI=1S/C16H22N2O4/c19-11-13(10-18-5-8-21-9-6-18)17-16(20)14-3-1-2-12-4-7-22-15(12)14/h1-3,13,19H,4-11H2,(H,17,20). The van der Waals surface area contributed by atoms with Gasteiger partial charge in [0.25, 0.3) is 5.91 Å². The summed E-state index contributed by atoms with van der Waals surface area (Å²) in [5.74, 6) is 0.495. The summed E-state index contributed by atoms with van der Waals surface area (Å²) in [6, 6.07) is 5.33. The monoisotopic (exact) mass is 306 g/mol. The number of rotatable bonds is 5. The van der Waals surface area contributed by atoms with Crippen molar-refractivity contribution in [3.05, 3.63) is 29.3 Å². The van der Waals surface area contributed by atoms with E-state index in [0.717, 1.165) is 25.1 Å². The minimum absolute atomic E-state index is 0.0843.